The molecule has 0 spiro atoms. The van der Waals surface area contributed by atoms with Crippen molar-refractivity contribution in [2.75, 3.05) is 26.8 Å². The van der Waals surface area contributed by atoms with E-state index < -0.39 is 0 Å². The van der Waals surface area contributed by atoms with Gasteiger partial charge in [-0.25, -0.2) is 4.98 Å². The van der Waals surface area contributed by atoms with E-state index in [1.54, 1.807) is 13.3 Å². The first kappa shape index (κ1) is 21.0. The van der Waals surface area contributed by atoms with Crippen molar-refractivity contribution in [2.45, 2.75) is 32.1 Å². The van der Waals surface area contributed by atoms with Crippen LogP contribution in [0.25, 0.3) is 0 Å². The Hall–Kier alpha value is -3.28. The summed E-state index contributed by atoms with van der Waals surface area (Å²) in [4.78, 5) is 19.1. The molecule has 2 heterocycles. The molecule has 1 saturated heterocycles. The predicted molar refractivity (Wildman–Crippen MR) is 118 cm³/mol. The quantitative estimate of drug-likeness (QED) is 0.568. The minimum atomic E-state index is -0.00188. The molecule has 1 aliphatic heterocycles. The summed E-state index contributed by atoms with van der Waals surface area (Å²) in [5.74, 6) is 3.23. The molecule has 1 atom stereocenters. The number of piperidine rings is 1. The van der Waals surface area contributed by atoms with Crippen LogP contribution in [0.3, 0.4) is 0 Å². The second-order valence-electron chi connectivity index (χ2n) is 7.92. The average molecular weight is 421 g/mol. The van der Waals surface area contributed by atoms with Gasteiger partial charge in [-0.05, 0) is 49.1 Å². The Morgan fingerprint density at radius 1 is 1.19 bits per heavy atom. The number of methoxy groups -OCH3 is 1. The number of amides is 1. The molecule has 0 radical (unpaired) electrons. The molecule has 4 rings (SSSR count). The van der Waals surface area contributed by atoms with E-state index in [0.717, 1.165) is 47.8 Å². The van der Waals surface area contributed by atoms with E-state index in [1.807, 2.05) is 60.4 Å². The van der Waals surface area contributed by atoms with E-state index in [-0.39, 0.29) is 18.4 Å². The van der Waals surface area contributed by atoms with Crippen molar-refractivity contribution < 1.29 is 18.7 Å². The number of aryl methyl sites for hydroxylation is 1. The van der Waals surface area contributed by atoms with Gasteiger partial charge in [-0.1, -0.05) is 30.3 Å². The van der Waals surface area contributed by atoms with Gasteiger partial charge < -0.3 is 18.8 Å². The molecule has 2 aromatic carbocycles. The molecule has 1 amide bonds. The Bertz CT molecular complexity index is 1010. The Labute approximate surface area is 182 Å². The maximum Gasteiger partial charge on any atom is 0.260 e. The normalized spacial score (nSPS) is 16.2. The zero-order valence-electron chi connectivity index (χ0n) is 18.0. The van der Waals surface area contributed by atoms with Gasteiger partial charge in [0.1, 0.15) is 17.3 Å². The summed E-state index contributed by atoms with van der Waals surface area (Å²) in [6.07, 6.45) is 4.36. The summed E-state index contributed by atoms with van der Waals surface area (Å²) in [6, 6.07) is 15.7. The van der Waals surface area contributed by atoms with Crippen molar-refractivity contribution >= 4 is 5.91 Å². The minimum Gasteiger partial charge on any atom is -0.497 e. The standard InChI is InChI=1S/C25H28N2O4/c1-18-6-3-4-8-23(18)30-17-24(28)27-13-5-7-20(16-27)25-26-15-22(31-25)14-19-9-11-21(29-2)12-10-19/h3-4,6,8-12,15,20H,5,7,13-14,16-17H2,1-2H3/t20-/m0/s1. The van der Waals surface area contributed by atoms with Crippen LogP contribution in [-0.4, -0.2) is 42.6 Å². The third-order valence-corrected chi connectivity index (χ3v) is 5.68. The van der Waals surface area contributed by atoms with Crippen LogP contribution in [0.1, 0.15) is 41.5 Å². The van der Waals surface area contributed by atoms with E-state index in [1.165, 1.54) is 0 Å². The van der Waals surface area contributed by atoms with Crippen molar-refractivity contribution in [3.63, 3.8) is 0 Å². The van der Waals surface area contributed by atoms with E-state index >= 15 is 0 Å². The molecule has 6 nitrogen and oxygen atoms in total. The number of carbonyl (C=O) groups excluding carboxylic acids is 1. The molecular formula is C25H28N2O4. The first-order chi connectivity index (χ1) is 15.1. The van der Waals surface area contributed by atoms with Gasteiger partial charge in [0.25, 0.3) is 5.91 Å². The molecule has 31 heavy (non-hydrogen) atoms. The van der Waals surface area contributed by atoms with Crippen molar-refractivity contribution in [1.29, 1.82) is 0 Å². The maximum atomic E-state index is 12.7. The van der Waals surface area contributed by atoms with Crippen LogP contribution in [0.4, 0.5) is 0 Å². The third kappa shape index (κ3) is 5.26. The fourth-order valence-corrected chi connectivity index (χ4v) is 3.89. The Morgan fingerprint density at radius 3 is 2.77 bits per heavy atom. The number of likely N-dealkylation sites (tertiary alicyclic amines) is 1. The summed E-state index contributed by atoms with van der Waals surface area (Å²) < 4.78 is 17.0. The molecule has 0 N–H and O–H groups in total. The molecule has 0 bridgehead atoms. The second-order valence-corrected chi connectivity index (χ2v) is 7.92. The van der Waals surface area contributed by atoms with Crippen LogP contribution in [0.5, 0.6) is 11.5 Å². The number of rotatable bonds is 7. The van der Waals surface area contributed by atoms with Gasteiger partial charge in [0, 0.05) is 19.5 Å². The van der Waals surface area contributed by atoms with Gasteiger partial charge in [-0.15, -0.1) is 0 Å². The summed E-state index contributed by atoms with van der Waals surface area (Å²) in [5, 5.41) is 0. The molecular weight excluding hydrogens is 392 g/mol. The molecule has 1 aromatic heterocycles. The van der Waals surface area contributed by atoms with Crippen molar-refractivity contribution in [3.05, 3.63) is 77.5 Å². The summed E-state index contributed by atoms with van der Waals surface area (Å²) >= 11 is 0. The smallest absolute Gasteiger partial charge is 0.260 e. The molecule has 162 valence electrons. The van der Waals surface area contributed by atoms with Crippen LogP contribution in [0.15, 0.2) is 59.1 Å². The predicted octanol–water partition coefficient (Wildman–Crippen LogP) is 4.37. The highest BCUT2D eigenvalue weighted by molar-refractivity contribution is 5.78. The van der Waals surface area contributed by atoms with Gasteiger partial charge in [0.2, 0.25) is 0 Å². The molecule has 0 aliphatic carbocycles. The van der Waals surface area contributed by atoms with Crippen molar-refractivity contribution in [3.8, 4) is 11.5 Å². The van der Waals surface area contributed by atoms with Crippen molar-refractivity contribution in [1.82, 2.24) is 9.88 Å². The number of para-hydroxylation sites is 1. The summed E-state index contributed by atoms with van der Waals surface area (Å²) in [5.41, 5.74) is 2.16. The van der Waals surface area contributed by atoms with Crippen LogP contribution < -0.4 is 9.47 Å². The zero-order chi connectivity index (χ0) is 21.6. The molecule has 3 aromatic rings. The monoisotopic (exact) mass is 420 g/mol. The molecule has 0 saturated carbocycles. The number of carbonyl (C=O) groups is 1. The van der Waals surface area contributed by atoms with Gasteiger partial charge in [0.05, 0.1) is 19.2 Å². The Morgan fingerprint density at radius 2 is 2.00 bits per heavy atom. The highest BCUT2D eigenvalue weighted by Crippen LogP contribution is 2.28. The lowest BCUT2D eigenvalue weighted by Gasteiger charge is -2.31. The molecule has 1 fully saturated rings. The van der Waals surface area contributed by atoms with Crippen LogP contribution in [-0.2, 0) is 11.2 Å². The number of hydrogen-bond donors (Lipinski definition) is 0. The number of hydrogen-bond acceptors (Lipinski definition) is 5. The number of benzene rings is 2. The van der Waals surface area contributed by atoms with Crippen LogP contribution in [0.2, 0.25) is 0 Å². The van der Waals surface area contributed by atoms with Gasteiger partial charge in [-0.2, -0.15) is 0 Å². The highest BCUT2D eigenvalue weighted by atomic mass is 16.5. The summed E-state index contributed by atoms with van der Waals surface area (Å²) in [6.45, 7) is 3.37. The maximum absolute atomic E-state index is 12.7. The van der Waals surface area contributed by atoms with Crippen LogP contribution >= 0.6 is 0 Å². The number of nitrogens with zero attached hydrogens (tertiary/aromatic N) is 2. The SMILES string of the molecule is COc1ccc(Cc2cnc([C@H]3CCCN(C(=O)COc4ccccc4C)C3)o2)cc1. The van der Waals surface area contributed by atoms with Crippen molar-refractivity contribution in [2.24, 2.45) is 0 Å². The molecule has 1 aliphatic rings. The molecule has 6 heteroatoms. The summed E-state index contributed by atoms with van der Waals surface area (Å²) in [7, 11) is 1.66. The lowest BCUT2D eigenvalue weighted by molar-refractivity contribution is -0.134. The van der Waals surface area contributed by atoms with E-state index in [2.05, 4.69) is 4.98 Å². The average Bonchev–Trinajstić information content (AvgIpc) is 3.27. The Kier molecular flexibility index (Phi) is 6.55. The fourth-order valence-electron chi connectivity index (χ4n) is 3.89. The molecule has 0 unspecified atom stereocenters. The number of aromatic nitrogens is 1. The van der Waals surface area contributed by atoms with E-state index in [4.69, 9.17) is 13.9 Å². The highest BCUT2D eigenvalue weighted by Gasteiger charge is 2.28. The number of ether oxygens (including phenoxy) is 2. The lowest BCUT2D eigenvalue weighted by Crippen LogP contribution is -2.41. The van der Waals surface area contributed by atoms with Gasteiger partial charge in [0.15, 0.2) is 12.5 Å². The Balaban J connectivity index is 1.34. The first-order valence-electron chi connectivity index (χ1n) is 10.7. The van der Waals surface area contributed by atoms with E-state index in [0.29, 0.717) is 18.9 Å². The topological polar surface area (TPSA) is 64.8 Å². The minimum absolute atomic E-state index is 0.00188. The number of oxazole rings is 1. The van der Waals surface area contributed by atoms with Gasteiger partial charge in [-0.3, -0.25) is 4.79 Å². The largest absolute Gasteiger partial charge is 0.497 e. The second kappa shape index (κ2) is 9.69. The van der Waals surface area contributed by atoms with Crippen LogP contribution in [0, 0.1) is 6.92 Å². The van der Waals surface area contributed by atoms with Gasteiger partial charge >= 0.3 is 0 Å². The first-order valence-corrected chi connectivity index (χ1v) is 10.7. The fraction of sp³-hybridized carbons (Fsp3) is 0.360. The zero-order valence-corrected chi connectivity index (χ0v) is 18.0. The van der Waals surface area contributed by atoms with E-state index in [9.17, 15) is 4.79 Å². The lowest BCUT2D eigenvalue weighted by atomic mass is 9.98. The third-order valence-electron chi connectivity index (χ3n) is 5.68.